The second-order valence-corrected chi connectivity index (χ2v) is 9.71. The zero-order valence-electron chi connectivity index (χ0n) is 19.8. The second-order valence-electron chi connectivity index (χ2n) is 8.62. The standard InChI is InChI=1S/C30H25N3O2S/c1-21-8-10-23(11-9-21)20-33-26-6-2-3-7-27(26)36-28(30(33)35)17-22-12-14-25(15-13-22)29(34)32-19-24-5-4-16-31-18-24/h2-18H,19-20H2,1H3,(H,32,34)/b28-17+. The fraction of sp³-hybridized carbons (Fsp3) is 0.100. The molecule has 1 aromatic heterocycles. The van der Waals surface area contributed by atoms with E-state index < -0.39 is 0 Å². The molecule has 0 atom stereocenters. The van der Waals surface area contributed by atoms with Gasteiger partial charge in [0.2, 0.25) is 0 Å². The molecule has 0 saturated heterocycles. The smallest absolute Gasteiger partial charge is 0.265 e. The quantitative estimate of drug-likeness (QED) is 0.336. The molecule has 0 bridgehead atoms. The van der Waals surface area contributed by atoms with Crippen LogP contribution in [0.4, 0.5) is 5.69 Å². The zero-order chi connectivity index (χ0) is 24.9. The monoisotopic (exact) mass is 491 g/mol. The Morgan fingerprint density at radius 2 is 1.72 bits per heavy atom. The highest BCUT2D eigenvalue weighted by molar-refractivity contribution is 8.04. The van der Waals surface area contributed by atoms with E-state index in [0.29, 0.717) is 23.6 Å². The number of thioether (sulfide) groups is 1. The van der Waals surface area contributed by atoms with Crippen LogP contribution in [0.2, 0.25) is 0 Å². The predicted octanol–water partition coefficient (Wildman–Crippen LogP) is 6.00. The van der Waals surface area contributed by atoms with Gasteiger partial charge < -0.3 is 10.2 Å². The van der Waals surface area contributed by atoms with Gasteiger partial charge in [0.15, 0.2) is 0 Å². The summed E-state index contributed by atoms with van der Waals surface area (Å²) in [6.07, 6.45) is 5.32. The molecule has 0 spiro atoms. The minimum atomic E-state index is -0.153. The topological polar surface area (TPSA) is 62.3 Å². The third-order valence-corrected chi connectivity index (χ3v) is 7.02. The van der Waals surface area contributed by atoms with Gasteiger partial charge in [-0.05, 0) is 60.0 Å². The summed E-state index contributed by atoms with van der Waals surface area (Å²) in [5.41, 5.74) is 5.56. The van der Waals surface area contributed by atoms with Gasteiger partial charge in [-0.3, -0.25) is 14.6 Å². The van der Waals surface area contributed by atoms with Crippen molar-refractivity contribution in [2.24, 2.45) is 0 Å². The largest absolute Gasteiger partial charge is 0.348 e. The third-order valence-electron chi connectivity index (χ3n) is 5.94. The number of fused-ring (bicyclic) bond motifs is 1. The minimum Gasteiger partial charge on any atom is -0.348 e. The summed E-state index contributed by atoms with van der Waals surface area (Å²) >= 11 is 1.48. The van der Waals surface area contributed by atoms with Crippen LogP contribution < -0.4 is 10.2 Å². The molecular weight excluding hydrogens is 466 g/mol. The van der Waals surface area contributed by atoms with E-state index in [1.807, 2.05) is 59.5 Å². The van der Waals surface area contributed by atoms with Crippen molar-refractivity contribution in [2.75, 3.05) is 4.90 Å². The number of aromatic nitrogens is 1. The fourth-order valence-electron chi connectivity index (χ4n) is 3.96. The number of anilines is 1. The van der Waals surface area contributed by atoms with Crippen molar-refractivity contribution < 1.29 is 9.59 Å². The van der Waals surface area contributed by atoms with E-state index in [2.05, 4.69) is 41.5 Å². The first kappa shape index (κ1) is 23.6. The fourth-order valence-corrected chi connectivity index (χ4v) is 5.02. The van der Waals surface area contributed by atoms with Crippen LogP contribution in [0, 0.1) is 6.92 Å². The van der Waals surface area contributed by atoms with Crippen molar-refractivity contribution in [2.45, 2.75) is 24.9 Å². The lowest BCUT2D eigenvalue weighted by atomic mass is 10.1. The Labute approximate surface area is 214 Å². The molecular formula is C30H25N3O2S. The molecule has 36 heavy (non-hydrogen) atoms. The summed E-state index contributed by atoms with van der Waals surface area (Å²) in [7, 11) is 0. The Balaban J connectivity index is 1.34. The van der Waals surface area contributed by atoms with Crippen molar-refractivity contribution in [1.29, 1.82) is 0 Å². The Morgan fingerprint density at radius 3 is 2.47 bits per heavy atom. The van der Waals surface area contributed by atoms with E-state index in [1.165, 1.54) is 17.3 Å². The van der Waals surface area contributed by atoms with Crippen molar-refractivity contribution >= 4 is 35.3 Å². The van der Waals surface area contributed by atoms with Crippen LogP contribution in [0.25, 0.3) is 6.08 Å². The molecule has 1 aliphatic rings. The average Bonchev–Trinajstić information content (AvgIpc) is 2.92. The molecule has 4 aromatic rings. The number of nitrogens with one attached hydrogen (secondary N) is 1. The number of nitrogens with zero attached hydrogens (tertiary/aromatic N) is 2. The van der Waals surface area contributed by atoms with E-state index in [9.17, 15) is 9.59 Å². The van der Waals surface area contributed by atoms with Gasteiger partial charge in [-0.15, -0.1) is 0 Å². The van der Waals surface area contributed by atoms with Crippen molar-refractivity contribution in [3.8, 4) is 0 Å². The van der Waals surface area contributed by atoms with Crippen LogP contribution >= 0.6 is 11.8 Å². The van der Waals surface area contributed by atoms with Crippen LogP contribution in [0.3, 0.4) is 0 Å². The first-order valence-corrected chi connectivity index (χ1v) is 12.5. The van der Waals surface area contributed by atoms with Gasteiger partial charge in [0.1, 0.15) is 0 Å². The molecule has 1 N–H and O–H groups in total. The number of benzene rings is 3. The molecule has 2 heterocycles. The molecule has 0 radical (unpaired) electrons. The molecule has 0 fully saturated rings. The summed E-state index contributed by atoms with van der Waals surface area (Å²) in [5.74, 6) is -0.183. The molecule has 0 aliphatic carbocycles. The Bertz CT molecular complexity index is 1420. The molecule has 2 amide bonds. The van der Waals surface area contributed by atoms with E-state index in [1.54, 1.807) is 24.5 Å². The lowest BCUT2D eigenvalue weighted by molar-refractivity contribution is -0.114. The van der Waals surface area contributed by atoms with Gasteiger partial charge >= 0.3 is 0 Å². The van der Waals surface area contributed by atoms with Gasteiger partial charge in [0, 0.05) is 29.4 Å². The molecule has 1 aliphatic heterocycles. The number of aryl methyl sites for hydroxylation is 1. The summed E-state index contributed by atoms with van der Waals surface area (Å²) in [4.78, 5) is 33.7. The molecule has 5 rings (SSSR count). The molecule has 5 nitrogen and oxygen atoms in total. The van der Waals surface area contributed by atoms with Crippen LogP contribution in [-0.2, 0) is 17.9 Å². The maximum atomic E-state index is 13.5. The molecule has 0 saturated carbocycles. The summed E-state index contributed by atoms with van der Waals surface area (Å²) < 4.78 is 0. The lowest BCUT2D eigenvalue weighted by Crippen LogP contribution is -2.33. The minimum absolute atomic E-state index is 0.0300. The first-order valence-electron chi connectivity index (χ1n) is 11.7. The number of hydrogen-bond donors (Lipinski definition) is 1. The Kier molecular flexibility index (Phi) is 6.96. The molecule has 6 heteroatoms. The average molecular weight is 492 g/mol. The summed E-state index contributed by atoms with van der Waals surface area (Å²) in [6, 6.07) is 27.3. The van der Waals surface area contributed by atoms with E-state index in [4.69, 9.17) is 0 Å². The van der Waals surface area contributed by atoms with Crippen LogP contribution in [0.1, 0.15) is 32.6 Å². The van der Waals surface area contributed by atoms with Gasteiger partial charge in [-0.25, -0.2) is 0 Å². The summed E-state index contributed by atoms with van der Waals surface area (Å²) in [5, 5.41) is 2.91. The molecule has 3 aromatic carbocycles. The Morgan fingerprint density at radius 1 is 0.944 bits per heavy atom. The number of rotatable bonds is 6. The van der Waals surface area contributed by atoms with Crippen LogP contribution in [0.5, 0.6) is 0 Å². The SMILES string of the molecule is Cc1ccc(CN2C(=O)/C(=C\c3ccc(C(=O)NCc4cccnc4)cc3)Sc3ccccc32)cc1. The first-order chi connectivity index (χ1) is 17.6. The zero-order valence-corrected chi connectivity index (χ0v) is 20.7. The highest BCUT2D eigenvalue weighted by Crippen LogP contribution is 2.42. The van der Waals surface area contributed by atoms with E-state index in [-0.39, 0.29) is 11.8 Å². The van der Waals surface area contributed by atoms with Gasteiger partial charge in [0.25, 0.3) is 11.8 Å². The molecule has 178 valence electrons. The van der Waals surface area contributed by atoms with Gasteiger partial charge in [-0.2, -0.15) is 0 Å². The molecule has 0 unspecified atom stereocenters. The number of carbonyl (C=O) groups excluding carboxylic acids is 2. The third kappa shape index (κ3) is 5.39. The van der Waals surface area contributed by atoms with Crippen molar-refractivity contribution in [3.63, 3.8) is 0 Å². The second kappa shape index (κ2) is 10.6. The highest BCUT2D eigenvalue weighted by Gasteiger charge is 2.29. The van der Waals surface area contributed by atoms with E-state index >= 15 is 0 Å². The number of para-hydroxylation sites is 1. The maximum Gasteiger partial charge on any atom is 0.265 e. The van der Waals surface area contributed by atoms with Crippen molar-refractivity contribution in [1.82, 2.24) is 10.3 Å². The lowest BCUT2D eigenvalue weighted by Gasteiger charge is -2.30. The summed E-state index contributed by atoms with van der Waals surface area (Å²) in [6.45, 7) is 2.97. The highest BCUT2D eigenvalue weighted by atomic mass is 32.2. The normalized spacial score (nSPS) is 14.0. The predicted molar refractivity (Wildman–Crippen MR) is 144 cm³/mol. The number of amides is 2. The van der Waals surface area contributed by atoms with Crippen molar-refractivity contribution in [3.05, 3.63) is 130 Å². The number of carbonyl (C=O) groups is 2. The Hall–Kier alpha value is -4.16. The number of pyridine rings is 1. The van der Waals surface area contributed by atoms with Crippen LogP contribution in [0.15, 0.2) is 107 Å². The van der Waals surface area contributed by atoms with Crippen LogP contribution in [-0.4, -0.2) is 16.8 Å². The van der Waals surface area contributed by atoms with Gasteiger partial charge in [0.05, 0.1) is 17.1 Å². The maximum absolute atomic E-state index is 13.5. The number of hydrogen-bond acceptors (Lipinski definition) is 4. The van der Waals surface area contributed by atoms with Gasteiger partial charge in [-0.1, -0.05) is 71.9 Å². The van der Waals surface area contributed by atoms with E-state index in [0.717, 1.165) is 27.3 Å².